The number of aromatic nitrogens is 1. The highest BCUT2D eigenvalue weighted by molar-refractivity contribution is 6.29. The van der Waals surface area contributed by atoms with Crippen LogP contribution in [0.15, 0.2) is 23.3 Å². The Kier molecular flexibility index (Phi) is 5.02. The van der Waals surface area contributed by atoms with Crippen LogP contribution in [0.5, 0.6) is 0 Å². The molecule has 0 aliphatic carbocycles. The van der Waals surface area contributed by atoms with E-state index < -0.39 is 0 Å². The van der Waals surface area contributed by atoms with Crippen LogP contribution in [0.1, 0.15) is 25.3 Å². The monoisotopic (exact) mass is 280 g/mol. The van der Waals surface area contributed by atoms with Crippen molar-refractivity contribution in [2.75, 3.05) is 19.6 Å². The van der Waals surface area contributed by atoms with Crippen molar-refractivity contribution in [2.45, 2.75) is 26.2 Å². The van der Waals surface area contributed by atoms with E-state index >= 15 is 0 Å². The van der Waals surface area contributed by atoms with Gasteiger partial charge in [-0.15, -0.1) is 0 Å². The molecule has 104 valence electrons. The second kappa shape index (κ2) is 6.75. The van der Waals surface area contributed by atoms with Crippen molar-refractivity contribution in [2.24, 2.45) is 16.6 Å². The first-order valence-corrected chi connectivity index (χ1v) is 7.18. The fourth-order valence-electron chi connectivity index (χ4n) is 2.19. The van der Waals surface area contributed by atoms with Crippen molar-refractivity contribution < 1.29 is 0 Å². The average Bonchev–Trinajstić information content (AvgIpc) is 2.41. The van der Waals surface area contributed by atoms with Crippen molar-refractivity contribution in [3.63, 3.8) is 0 Å². The molecular weight excluding hydrogens is 260 g/mol. The maximum Gasteiger partial charge on any atom is 0.191 e. The van der Waals surface area contributed by atoms with Gasteiger partial charge in [0.15, 0.2) is 5.96 Å². The van der Waals surface area contributed by atoms with Crippen molar-refractivity contribution in [3.05, 3.63) is 29.0 Å². The Bertz CT molecular complexity index is 422. The molecule has 0 spiro atoms. The molecule has 0 saturated carbocycles. The fraction of sp³-hybridized carbons (Fsp3) is 0.571. The molecule has 2 rings (SSSR count). The Morgan fingerprint density at radius 3 is 2.84 bits per heavy atom. The van der Waals surface area contributed by atoms with Crippen molar-refractivity contribution in [1.29, 1.82) is 0 Å². The summed E-state index contributed by atoms with van der Waals surface area (Å²) in [6, 6.07) is 3.78. The minimum Gasteiger partial charge on any atom is -0.370 e. The second-order valence-corrected chi connectivity index (χ2v) is 5.54. The zero-order valence-corrected chi connectivity index (χ0v) is 12.1. The van der Waals surface area contributed by atoms with Crippen LogP contribution in [0.25, 0.3) is 0 Å². The molecule has 1 aliphatic rings. The molecule has 1 saturated heterocycles. The smallest absolute Gasteiger partial charge is 0.191 e. The first-order chi connectivity index (χ1) is 9.15. The maximum absolute atomic E-state index is 6.02. The predicted octanol–water partition coefficient (Wildman–Crippen LogP) is 2.32. The number of likely N-dealkylation sites (tertiary alicyclic amines) is 1. The van der Waals surface area contributed by atoms with E-state index in [2.05, 4.69) is 21.8 Å². The van der Waals surface area contributed by atoms with Gasteiger partial charge in [0.1, 0.15) is 5.15 Å². The molecule has 0 unspecified atom stereocenters. The zero-order valence-electron chi connectivity index (χ0n) is 11.3. The van der Waals surface area contributed by atoms with Gasteiger partial charge in [0.25, 0.3) is 0 Å². The lowest BCUT2D eigenvalue weighted by molar-refractivity contribution is 0.277. The minimum absolute atomic E-state index is 0.522. The molecule has 2 N–H and O–H groups in total. The summed E-state index contributed by atoms with van der Waals surface area (Å²) in [6.07, 6.45) is 5.04. The van der Waals surface area contributed by atoms with Crippen LogP contribution >= 0.6 is 11.6 Å². The van der Waals surface area contributed by atoms with E-state index in [-0.39, 0.29) is 0 Å². The van der Waals surface area contributed by atoms with Crippen molar-refractivity contribution in [3.8, 4) is 0 Å². The summed E-state index contributed by atoms with van der Waals surface area (Å²) < 4.78 is 0. The van der Waals surface area contributed by atoms with E-state index in [9.17, 15) is 0 Å². The standard InChI is InChI=1S/C14H21ClN4/c1-11-5-8-19(9-6-11)14(16)17-7-4-12-2-3-13(15)18-10-12/h2-3,10-11H,4-9H2,1H3,(H2,16,17). The van der Waals surface area contributed by atoms with Crippen LogP contribution < -0.4 is 5.73 Å². The molecular formula is C14H21ClN4. The molecule has 5 heteroatoms. The third kappa shape index (κ3) is 4.39. The average molecular weight is 281 g/mol. The maximum atomic E-state index is 6.02. The zero-order chi connectivity index (χ0) is 13.7. The predicted molar refractivity (Wildman–Crippen MR) is 79.4 cm³/mol. The summed E-state index contributed by atoms with van der Waals surface area (Å²) in [4.78, 5) is 10.7. The Morgan fingerprint density at radius 2 is 2.21 bits per heavy atom. The van der Waals surface area contributed by atoms with Gasteiger partial charge < -0.3 is 10.6 Å². The van der Waals surface area contributed by atoms with Gasteiger partial charge in [-0.3, -0.25) is 4.99 Å². The number of piperidine rings is 1. The molecule has 0 aromatic carbocycles. The summed E-state index contributed by atoms with van der Waals surface area (Å²) in [5, 5.41) is 0.522. The lowest BCUT2D eigenvalue weighted by atomic mass is 10.00. The number of nitrogens with zero attached hydrogens (tertiary/aromatic N) is 3. The third-order valence-electron chi connectivity index (χ3n) is 3.57. The number of aliphatic imine (C=N–C) groups is 1. The van der Waals surface area contributed by atoms with Crippen molar-refractivity contribution >= 4 is 17.6 Å². The molecule has 1 aromatic heterocycles. The molecule has 0 bridgehead atoms. The summed E-state index contributed by atoms with van der Waals surface area (Å²) in [5.74, 6) is 1.48. The Hall–Kier alpha value is -1.29. The number of hydrogen-bond acceptors (Lipinski definition) is 2. The van der Waals surface area contributed by atoms with Gasteiger partial charge >= 0.3 is 0 Å². The molecule has 2 heterocycles. The number of halogens is 1. The SMILES string of the molecule is CC1CCN(C(N)=NCCc2ccc(Cl)nc2)CC1. The molecule has 0 radical (unpaired) electrons. The number of pyridine rings is 1. The van der Waals surface area contributed by atoms with E-state index in [0.29, 0.717) is 17.7 Å². The van der Waals surface area contributed by atoms with Gasteiger partial charge in [-0.05, 0) is 36.8 Å². The summed E-state index contributed by atoms with van der Waals surface area (Å²) in [7, 11) is 0. The van der Waals surface area contributed by atoms with E-state index in [4.69, 9.17) is 17.3 Å². The Balaban J connectivity index is 1.80. The number of guanidine groups is 1. The Morgan fingerprint density at radius 1 is 1.47 bits per heavy atom. The van der Waals surface area contributed by atoms with Crippen LogP contribution in [0, 0.1) is 5.92 Å². The second-order valence-electron chi connectivity index (χ2n) is 5.15. The number of rotatable bonds is 3. The molecule has 4 nitrogen and oxygen atoms in total. The fourth-order valence-corrected chi connectivity index (χ4v) is 2.30. The van der Waals surface area contributed by atoms with Crippen LogP contribution in [-0.4, -0.2) is 35.5 Å². The first-order valence-electron chi connectivity index (χ1n) is 6.80. The third-order valence-corrected chi connectivity index (χ3v) is 3.79. The number of nitrogens with two attached hydrogens (primary N) is 1. The molecule has 0 atom stereocenters. The van der Waals surface area contributed by atoms with E-state index in [0.717, 1.165) is 31.0 Å². The largest absolute Gasteiger partial charge is 0.370 e. The lowest BCUT2D eigenvalue weighted by Crippen LogP contribution is -2.42. The van der Waals surface area contributed by atoms with Crippen LogP contribution in [0.3, 0.4) is 0 Å². The highest BCUT2D eigenvalue weighted by atomic mass is 35.5. The normalized spacial score (nSPS) is 17.8. The summed E-state index contributed by atoms with van der Waals surface area (Å²) in [5.41, 5.74) is 7.15. The van der Waals surface area contributed by atoms with Gasteiger partial charge in [-0.1, -0.05) is 24.6 Å². The molecule has 0 amide bonds. The van der Waals surface area contributed by atoms with E-state index in [1.54, 1.807) is 12.3 Å². The van der Waals surface area contributed by atoms with Crippen LogP contribution in [-0.2, 0) is 6.42 Å². The molecule has 1 fully saturated rings. The van der Waals surface area contributed by atoms with Gasteiger partial charge in [0, 0.05) is 25.8 Å². The minimum atomic E-state index is 0.522. The van der Waals surface area contributed by atoms with Crippen LogP contribution in [0.2, 0.25) is 5.15 Å². The van der Waals surface area contributed by atoms with Crippen LogP contribution in [0.4, 0.5) is 0 Å². The van der Waals surface area contributed by atoms with Gasteiger partial charge in [-0.2, -0.15) is 0 Å². The first kappa shape index (κ1) is 14.1. The van der Waals surface area contributed by atoms with Gasteiger partial charge in [0.05, 0.1) is 0 Å². The van der Waals surface area contributed by atoms with Crippen molar-refractivity contribution in [1.82, 2.24) is 9.88 Å². The quantitative estimate of drug-likeness (QED) is 0.525. The highest BCUT2D eigenvalue weighted by Crippen LogP contribution is 2.15. The van der Waals surface area contributed by atoms with Gasteiger partial charge in [0.2, 0.25) is 0 Å². The lowest BCUT2D eigenvalue weighted by Gasteiger charge is -2.31. The summed E-state index contributed by atoms with van der Waals surface area (Å²) in [6.45, 7) is 5.04. The number of hydrogen-bond donors (Lipinski definition) is 1. The topological polar surface area (TPSA) is 54.5 Å². The molecule has 1 aliphatic heterocycles. The summed E-state index contributed by atoms with van der Waals surface area (Å²) >= 11 is 5.74. The molecule has 1 aromatic rings. The Labute approximate surface area is 119 Å². The van der Waals surface area contributed by atoms with E-state index in [1.165, 1.54) is 12.8 Å². The highest BCUT2D eigenvalue weighted by Gasteiger charge is 2.16. The molecule has 19 heavy (non-hydrogen) atoms. The van der Waals surface area contributed by atoms with E-state index in [1.807, 2.05) is 6.07 Å². The van der Waals surface area contributed by atoms with Gasteiger partial charge in [-0.25, -0.2) is 4.98 Å².